The number of allylic oxidation sites excluding steroid dienone is 2. The van der Waals surface area contributed by atoms with Gasteiger partial charge in [0.05, 0.1) is 23.7 Å². The van der Waals surface area contributed by atoms with E-state index in [2.05, 4.69) is 15.9 Å². The van der Waals surface area contributed by atoms with Gasteiger partial charge in [0, 0.05) is 17.9 Å². The van der Waals surface area contributed by atoms with Crippen molar-refractivity contribution in [1.82, 2.24) is 18.8 Å². The number of carbonyl (C=O) groups is 2. The number of fused-ring (bicyclic) bond motifs is 4. The van der Waals surface area contributed by atoms with Gasteiger partial charge in [-0.1, -0.05) is 52.3 Å². The third-order valence-electron chi connectivity index (χ3n) is 7.63. The quantitative estimate of drug-likeness (QED) is 0.209. The summed E-state index contributed by atoms with van der Waals surface area (Å²) in [7, 11) is 0. The second-order valence-corrected chi connectivity index (χ2v) is 11.1. The van der Waals surface area contributed by atoms with Crippen molar-refractivity contribution in [2.45, 2.75) is 34.7 Å². The Labute approximate surface area is 232 Å². The van der Waals surface area contributed by atoms with Gasteiger partial charge in [-0.3, -0.25) is 14.5 Å². The van der Waals surface area contributed by atoms with E-state index in [-0.39, 0.29) is 24.0 Å². The number of rotatable bonds is 3. The Balaban J connectivity index is 1.64. The molecule has 6 rings (SSSR count). The molecule has 2 aliphatic heterocycles. The molecule has 196 valence electrons. The van der Waals surface area contributed by atoms with Crippen LogP contribution in [0, 0.1) is 5.82 Å². The number of para-hydroxylation sites is 2. The average Bonchev–Trinajstić information content (AvgIpc) is 3.24. The number of amides is 2. The molecule has 4 unspecified atom stereocenters. The second kappa shape index (κ2) is 8.42. The van der Waals surface area contributed by atoms with Crippen molar-refractivity contribution >= 4 is 50.9 Å². The fourth-order valence-electron chi connectivity index (χ4n) is 5.92. The van der Waals surface area contributed by atoms with Gasteiger partial charge in [0.15, 0.2) is 21.3 Å². The smallest absolute Gasteiger partial charge is 0.352 e. The van der Waals surface area contributed by atoms with Crippen LogP contribution in [0.5, 0.6) is 5.75 Å². The lowest BCUT2D eigenvalue weighted by molar-refractivity contribution is -0.138. The van der Waals surface area contributed by atoms with Crippen LogP contribution < -0.4 is 11.4 Å². The molecule has 2 amide bonds. The van der Waals surface area contributed by atoms with Crippen LogP contribution in [0.2, 0.25) is 0 Å². The van der Waals surface area contributed by atoms with Gasteiger partial charge < -0.3 is 5.11 Å². The molecule has 1 aromatic heterocycles. The topological polar surface area (TPSA) is 107 Å². The first-order chi connectivity index (χ1) is 18.1. The Morgan fingerprint density at radius 2 is 1.71 bits per heavy atom. The van der Waals surface area contributed by atoms with E-state index in [0.29, 0.717) is 11.3 Å². The van der Waals surface area contributed by atoms with Gasteiger partial charge in [0.1, 0.15) is 0 Å². The van der Waals surface area contributed by atoms with E-state index >= 15 is 0 Å². The molecule has 0 spiro atoms. The van der Waals surface area contributed by atoms with Crippen molar-refractivity contribution in [1.29, 1.82) is 0 Å². The average molecular weight is 624 g/mol. The molecule has 9 nitrogen and oxygen atoms in total. The normalized spacial score (nSPS) is 28.1. The Kier molecular flexibility index (Phi) is 5.57. The first-order valence-electron chi connectivity index (χ1n) is 11.5. The van der Waals surface area contributed by atoms with E-state index in [1.54, 1.807) is 36.4 Å². The van der Waals surface area contributed by atoms with Gasteiger partial charge in [-0.25, -0.2) is 27.9 Å². The van der Waals surface area contributed by atoms with Crippen LogP contribution in [-0.4, -0.2) is 51.0 Å². The third kappa shape index (κ3) is 2.97. The largest absolute Gasteiger partial charge is 0.505 e. The molecule has 1 aliphatic carbocycles. The molecular formula is C25H18BrCl2FN4O5. The van der Waals surface area contributed by atoms with Crippen molar-refractivity contribution in [3.63, 3.8) is 0 Å². The van der Waals surface area contributed by atoms with E-state index in [4.69, 9.17) is 23.2 Å². The minimum absolute atomic E-state index is 0.0649. The zero-order valence-electron chi connectivity index (χ0n) is 19.4. The third-order valence-corrected chi connectivity index (χ3v) is 9.54. The van der Waals surface area contributed by atoms with Gasteiger partial charge in [-0.05, 0) is 23.8 Å². The number of halogens is 4. The highest BCUT2D eigenvalue weighted by Crippen LogP contribution is 2.64. The summed E-state index contributed by atoms with van der Waals surface area (Å²) in [5.74, 6) is -4.63. The van der Waals surface area contributed by atoms with E-state index in [9.17, 15) is 28.7 Å². The Morgan fingerprint density at radius 3 is 2.39 bits per heavy atom. The molecule has 13 heteroatoms. The molecule has 3 aromatic rings. The number of alkyl halides is 3. The maximum absolute atomic E-state index is 14.6. The molecule has 1 saturated carbocycles. The summed E-state index contributed by atoms with van der Waals surface area (Å²) < 4.78 is 18.0. The molecule has 1 N–H and O–H groups in total. The SMILES string of the molecule is O=C1N(CBr)C(=O)C2(Cl)C(c3cccc(F)c3O)C3=CCn4c(=O)n(-c5ccccc5)c(=O)n4C3CC12Cl. The number of aromatic nitrogens is 3. The van der Waals surface area contributed by atoms with Gasteiger partial charge in [-0.15, -0.1) is 23.2 Å². The fourth-order valence-corrected chi connectivity index (χ4v) is 7.32. The summed E-state index contributed by atoms with van der Waals surface area (Å²) in [6, 6.07) is 11.1. The van der Waals surface area contributed by atoms with Crippen LogP contribution >= 0.6 is 39.1 Å². The van der Waals surface area contributed by atoms with Crippen molar-refractivity contribution < 1.29 is 19.1 Å². The Hall–Kier alpha value is -3.15. The van der Waals surface area contributed by atoms with Crippen molar-refractivity contribution in [3.05, 3.63) is 92.5 Å². The highest BCUT2D eigenvalue weighted by Gasteiger charge is 2.75. The summed E-state index contributed by atoms with van der Waals surface area (Å²) in [6.45, 7) is -0.0706. The number of hydrogen-bond acceptors (Lipinski definition) is 5. The molecule has 0 radical (unpaired) electrons. The van der Waals surface area contributed by atoms with Crippen molar-refractivity contribution in [2.75, 3.05) is 5.45 Å². The summed E-state index contributed by atoms with van der Waals surface area (Å²) in [4.78, 5) is 50.9. The molecule has 38 heavy (non-hydrogen) atoms. The van der Waals surface area contributed by atoms with Crippen LogP contribution in [0.1, 0.15) is 23.9 Å². The fraction of sp³-hybridized carbons (Fsp3) is 0.280. The van der Waals surface area contributed by atoms with Crippen LogP contribution in [0.15, 0.2) is 69.8 Å². The van der Waals surface area contributed by atoms with Crippen molar-refractivity contribution in [3.8, 4) is 11.4 Å². The maximum atomic E-state index is 14.6. The number of phenolic OH excluding ortho intramolecular Hbond substituents is 1. The second-order valence-electron chi connectivity index (χ2n) is 9.37. The lowest BCUT2D eigenvalue weighted by atomic mass is 9.64. The molecule has 4 atom stereocenters. The van der Waals surface area contributed by atoms with Crippen LogP contribution in [0.3, 0.4) is 0 Å². The predicted octanol–water partition coefficient (Wildman–Crippen LogP) is 2.99. The molecule has 1 saturated heterocycles. The monoisotopic (exact) mass is 622 g/mol. The molecule has 2 aromatic carbocycles. The summed E-state index contributed by atoms with van der Waals surface area (Å²) in [5, 5.41) is 10.7. The molecule has 2 fully saturated rings. The molecule has 0 bridgehead atoms. The number of hydrogen-bond donors (Lipinski definition) is 1. The number of aromatic hydroxyl groups is 1. The van der Waals surface area contributed by atoms with Gasteiger partial charge in [0.2, 0.25) is 0 Å². The van der Waals surface area contributed by atoms with E-state index in [1.165, 1.54) is 21.5 Å². The van der Waals surface area contributed by atoms with E-state index in [0.717, 1.165) is 15.5 Å². The van der Waals surface area contributed by atoms with Gasteiger partial charge >= 0.3 is 11.4 Å². The zero-order valence-corrected chi connectivity index (χ0v) is 22.5. The number of likely N-dealkylation sites (tertiary alicyclic amines) is 1. The highest BCUT2D eigenvalue weighted by atomic mass is 79.9. The van der Waals surface area contributed by atoms with E-state index < -0.39 is 56.5 Å². The maximum Gasteiger partial charge on any atom is 0.352 e. The lowest BCUT2D eigenvalue weighted by Crippen LogP contribution is -2.59. The number of benzene rings is 2. The summed E-state index contributed by atoms with van der Waals surface area (Å²) >= 11 is 17.2. The first-order valence-corrected chi connectivity index (χ1v) is 13.4. The number of carbonyl (C=O) groups excluding carboxylic acids is 2. The Morgan fingerprint density at radius 1 is 1.00 bits per heavy atom. The van der Waals surface area contributed by atoms with E-state index in [1.807, 2.05) is 0 Å². The number of nitrogens with zero attached hydrogens (tertiary/aromatic N) is 4. The first kappa shape index (κ1) is 25.1. The molecule has 3 heterocycles. The predicted molar refractivity (Wildman–Crippen MR) is 140 cm³/mol. The zero-order chi connectivity index (χ0) is 27.1. The minimum atomic E-state index is -2.15. The highest BCUT2D eigenvalue weighted by molar-refractivity contribution is 9.09. The summed E-state index contributed by atoms with van der Waals surface area (Å²) in [6.07, 6.45) is 1.31. The molecule has 3 aliphatic rings. The number of imide groups is 1. The van der Waals surface area contributed by atoms with Gasteiger partial charge in [-0.2, -0.15) is 0 Å². The minimum Gasteiger partial charge on any atom is -0.505 e. The standard InChI is InChI=1S/C25H18BrCl2FN4O5/c26-12-30-20(35)24(27)11-17-14(18(25(24,28)21(30)36)15-7-4-8-16(29)19(15)34)9-10-31-22(37)32(23(38)33(17)31)13-5-2-1-3-6-13/h1-9,17-18,34H,10-12H2. The van der Waals surface area contributed by atoms with Crippen LogP contribution in [0.25, 0.3) is 5.69 Å². The van der Waals surface area contributed by atoms with Crippen molar-refractivity contribution in [2.24, 2.45) is 0 Å². The Bertz CT molecular complexity index is 1680. The van der Waals surface area contributed by atoms with Gasteiger partial charge in [0.25, 0.3) is 11.8 Å². The van der Waals surface area contributed by atoms with Crippen LogP contribution in [-0.2, 0) is 16.1 Å². The lowest BCUT2D eigenvalue weighted by Gasteiger charge is -2.49. The van der Waals surface area contributed by atoms with Crippen LogP contribution in [0.4, 0.5) is 4.39 Å². The molecular weight excluding hydrogens is 606 g/mol. The number of phenols is 1. The summed E-state index contributed by atoms with van der Waals surface area (Å²) in [5.41, 5.74) is -0.849.